The second kappa shape index (κ2) is 5.71. The van der Waals surface area contributed by atoms with Crippen molar-refractivity contribution in [1.82, 2.24) is 10.2 Å². The predicted octanol–water partition coefficient (Wildman–Crippen LogP) is 1.50. The van der Waals surface area contributed by atoms with Crippen LogP contribution in [-0.2, 0) is 9.59 Å². The Morgan fingerprint density at radius 2 is 1.50 bits per heavy atom. The maximum absolute atomic E-state index is 12.4. The van der Waals surface area contributed by atoms with Crippen molar-refractivity contribution in [2.24, 2.45) is 0 Å². The second-order valence-electron chi connectivity index (χ2n) is 5.14. The first-order chi connectivity index (χ1) is 10.4. The van der Waals surface area contributed by atoms with Crippen LogP contribution in [0.5, 0.6) is 0 Å². The molecule has 6 heteroatoms. The van der Waals surface area contributed by atoms with Crippen LogP contribution in [0.25, 0.3) is 0 Å². The number of fused-ring (bicyclic) bond motifs is 1. The monoisotopic (exact) mass is 302 g/mol. The number of piperidine rings is 1. The number of hydrogen-bond donors (Lipinski definition) is 1. The van der Waals surface area contributed by atoms with Crippen LogP contribution in [0.15, 0.2) is 24.3 Å². The fraction of sp³-hybridized carbons (Fsp3) is 0.375. The number of imide groups is 2. The van der Waals surface area contributed by atoms with E-state index in [0.29, 0.717) is 11.1 Å². The van der Waals surface area contributed by atoms with Crippen molar-refractivity contribution in [3.05, 3.63) is 35.4 Å². The molecule has 0 radical (unpaired) electrons. The number of carbonyl (C=O) groups excluding carboxylic acids is 4. The van der Waals surface area contributed by atoms with Gasteiger partial charge in [-0.1, -0.05) is 26.0 Å². The maximum Gasteiger partial charge on any atom is 0.262 e. The lowest BCUT2D eigenvalue weighted by Crippen LogP contribution is -2.62. The molecule has 0 saturated carbocycles. The van der Waals surface area contributed by atoms with E-state index in [4.69, 9.17) is 0 Å². The van der Waals surface area contributed by atoms with Gasteiger partial charge in [0, 0.05) is 6.42 Å². The summed E-state index contributed by atoms with van der Waals surface area (Å²) in [7, 11) is 0. The number of nitrogens with zero attached hydrogens (tertiary/aromatic N) is 1. The Hall–Kier alpha value is -2.50. The Balaban J connectivity index is 0.000000847. The number of rotatable bonds is 1. The first kappa shape index (κ1) is 15.9. The molecule has 2 aliphatic heterocycles. The molecule has 22 heavy (non-hydrogen) atoms. The van der Waals surface area contributed by atoms with Crippen molar-refractivity contribution < 1.29 is 19.2 Å². The summed E-state index contributed by atoms with van der Waals surface area (Å²) in [5.41, 5.74) is -0.729. The van der Waals surface area contributed by atoms with E-state index in [1.165, 1.54) is 6.92 Å². The molecular formula is C16H18N2O4. The van der Waals surface area contributed by atoms with Gasteiger partial charge in [-0.25, -0.2) is 0 Å². The highest BCUT2D eigenvalue weighted by Crippen LogP contribution is 2.33. The summed E-state index contributed by atoms with van der Waals surface area (Å²) in [5.74, 6) is -1.97. The smallest absolute Gasteiger partial charge is 0.262 e. The van der Waals surface area contributed by atoms with Gasteiger partial charge in [-0.05, 0) is 25.5 Å². The topological polar surface area (TPSA) is 83.6 Å². The van der Waals surface area contributed by atoms with E-state index in [-0.39, 0.29) is 18.7 Å². The minimum Gasteiger partial charge on any atom is -0.294 e. The van der Waals surface area contributed by atoms with E-state index in [1.54, 1.807) is 24.3 Å². The Bertz CT molecular complexity index is 633. The van der Waals surface area contributed by atoms with Crippen LogP contribution in [0.4, 0.5) is 0 Å². The molecule has 1 fully saturated rings. The normalized spacial score (nSPS) is 23.7. The van der Waals surface area contributed by atoms with Crippen LogP contribution in [0.1, 0.15) is 54.3 Å². The van der Waals surface area contributed by atoms with Crippen molar-refractivity contribution in [1.29, 1.82) is 0 Å². The summed E-state index contributed by atoms with van der Waals surface area (Å²) in [4.78, 5) is 49.0. The number of benzene rings is 1. The molecule has 0 aliphatic carbocycles. The van der Waals surface area contributed by atoms with Gasteiger partial charge in [0.05, 0.1) is 11.1 Å². The molecule has 2 heterocycles. The zero-order valence-corrected chi connectivity index (χ0v) is 12.8. The summed E-state index contributed by atoms with van der Waals surface area (Å²) in [6, 6.07) is 6.45. The highest BCUT2D eigenvalue weighted by Gasteiger charge is 2.52. The Morgan fingerprint density at radius 3 is 1.95 bits per heavy atom. The first-order valence-corrected chi connectivity index (χ1v) is 7.27. The zero-order chi connectivity index (χ0) is 16.5. The van der Waals surface area contributed by atoms with Crippen LogP contribution in [-0.4, -0.2) is 34.1 Å². The summed E-state index contributed by atoms with van der Waals surface area (Å²) < 4.78 is 0. The Labute approximate surface area is 128 Å². The highest BCUT2D eigenvalue weighted by atomic mass is 16.2. The van der Waals surface area contributed by atoms with E-state index in [9.17, 15) is 19.2 Å². The number of nitrogens with one attached hydrogen (secondary N) is 1. The number of amides is 4. The molecule has 6 nitrogen and oxygen atoms in total. The van der Waals surface area contributed by atoms with Gasteiger partial charge in [-0.3, -0.25) is 29.4 Å². The number of hydrogen-bond acceptors (Lipinski definition) is 4. The maximum atomic E-state index is 12.4. The third kappa shape index (κ3) is 2.20. The van der Waals surface area contributed by atoms with E-state index >= 15 is 0 Å². The van der Waals surface area contributed by atoms with Gasteiger partial charge >= 0.3 is 0 Å². The molecule has 0 unspecified atom stereocenters. The Morgan fingerprint density at radius 1 is 1.00 bits per heavy atom. The van der Waals surface area contributed by atoms with Crippen molar-refractivity contribution >= 4 is 23.6 Å². The summed E-state index contributed by atoms with van der Waals surface area (Å²) >= 11 is 0. The number of carbonyl (C=O) groups is 4. The molecule has 1 aromatic rings. The highest BCUT2D eigenvalue weighted by molar-refractivity contribution is 6.24. The van der Waals surface area contributed by atoms with Crippen molar-refractivity contribution in [3.63, 3.8) is 0 Å². The fourth-order valence-corrected chi connectivity index (χ4v) is 2.65. The molecular weight excluding hydrogens is 284 g/mol. The standard InChI is InChI=1S/C14H12N2O4.C2H6/c1-14(7-6-10(17)15-13(14)20)16-11(18)8-4-2-3-5-9(8)12(16)19;1-2/h2-5H,6-7H2,1H3,(H,15,17,20);1-2H3/t14-;/m0./s1. The van der Waals surface area contributed by atoms with E-state index < -0.39 is 23.3 Å². The second-order valence-corrected chi connectivity index (χ2v) is 5.14. The summed E-state index contributed by atoms with van der Waals surface area (Å²) in [6.45, 7) is 5.51. The lowest BCUT2D eigenvalue weighted by molar-refractivity contribution is -0.140. The van der Waals surface area contributed by atoms with E-state index in [0.717, 1.165) is 4.90 Å². The molecule has 0 spiro atoms. The molecule has 1 saturated heterocycles. The van der Waals surface area contributed by atoms with Gasteiger partial charge in [0.1, 0.15) is 5.54 Å². The molecule has 4 amide bonds. The predicted molar refractivity (Wildman–Crippen MR) is 79.1 cm³/mol. The molecule has 0 aromatic heterocycles. The van der Waals surface area contributed by atoms with Crippen LogP contribution in [0.2, 0.25) is 0 Å². The first-order valence-electron chi connectivity index (χ1n) is 7.27. The minimum atomic E-state index is -1.32. The SMILES string of the molecule is CC.C[C@]1(N2C(=O)c3ccccc3C2=O)CCC(=O)NC1=O. The third-order valence-electron chi connectivity index (χ3n) is 3.87. The van der Waals surface area contributed by atoms with E-state index in [1.807, 2.05) is 13.8 Å². The van der Waals surface area contributed by atoms with Gasteiger partial charge in [-0.2, -0.15) is 0 Å². The van der Waals surface area contributed by atoms with E-state index in [2.05, 4.69) is 5.32 Å². The van der Waals surface area contributed by atoms with Gasteiger partial charge in [0.15, 0.2) is 0 Å². The van der Waals surface area contributed by atoms with Crippen LogP contribution >= 0.6 is 0 Å². The zero-order valence-electron chi connectivity index (χ0n) is 12.8. The lowest BCUT2D eigenvalue weighted by atomic mass is 9.89. The van der Waals surface area contributed by atoms with Gasteiger partial charge in [0.25, 0.3) is 17.7 Å². The van der Waals surface area contributed by atoms with Crippen molar-refractivity contribution in [2.75, 3.05) is 0 Å². The van der Waals surface area contributed by atoms with Crippen molar-refractivity contribution in [3.8, 4) is 0 Å². The van der Waals surface area contributed by atoms with Crippen LogP contribution < -0.4 is 5.32 Å². The third-order valence-corrected chi connectivity index (χ3v) is 3.87. The Kier molecular flexibility index (Phi) is 4.12. The molecule has 0 bridgehead atoms. The average molecular weight is 302 g/mol. The van der Waals surface area contributed by atoms with Gasteiger partial charge in [-0.15, -0.1) is 0 Å². The minimum absolute atomic E-state index is 0.107. The molecule has 116 valence electrons. The summed E-state index contributed by atoms with van der Waals surface area (Å²) in [6.07, 6.45) is 0.249. The van der Waals surface area contributed by atoms with Crippen molar-refractivity contribution in [2.45, 2.75) is 39.2 Å². The van der Waals surface area contributed by atoms with Gasteiger partial charge < -0.3 is 0 Å². The molecule has 2 aliphatic rings. The molecule has 3 rings (SSSR count). The average Bonchev–Trinajstić information content (AvgIpc) is 2.78. The molecule has 1 aromatic carbocycles. The van der Waals surface area contributed by atoms with Crippen LogP contribution in [0, 0.1) is 0 Å². The quantitative estimate of drug-likeness (QED) is 0.797. The molecule has 1 atom stereocenters. The largest absolute Gasteiger partial charge is 0.294 e. The summed E-state index contributed by atoms with van der Waals surface area (Å²) in [5, 5.41) is 2.19. The van der Waals surface area contributed by atoms with Crippen LogP contribution in [0.3, 0.4) is 0 Å². The lowest BCUT2D eigenvalue weighted by Gasteiger charge is -2.38. The molecule has 1 N–H and O–H groups in total. The fourth-order valence-electron chi connectivity index (χ4n) is 2.65. The van der Waals surface area contributed by atoms with Gasteiger partial charge in [0.2, 0.25) is 5.91 Å².